The Kier molecular flexibility index (Phi) is 8.08. The van der Waals surface area contributed by atoms with Crippen molar-refractivity contribution in [3.63, 3.8) is 0 Å². The quantitative estimate of drug-likeness (QED) is 0.282. The highest BCUT2D eigenvalue weighted by Gasteiger charge is 2.31. The zero-order chi connectivity index (χ0) is 20.6. The van der Waals surface area contributed by atoms with Crippen LogP contribution in [0.2, 0.25) is 0 Å². The molecule has 0 amide bonds. The van der Waals surface area contributed by atoms with E-state index in [4.69, 9.17) is 9.47 Å². The van der Waals surface area contributed by atoms with Crippen molar-refractivity contribution < 1.29 is 23.0 Å². The SMILES string of the molecule is C=CCCOc1ccc(OCC2CCC(C3CCC(C=O)CC3)CC2)c(F)c1F. The summed E-state index contributed by atoms with van der Waals surface area (Å²) in [5, 5.41) is 0. The third kappa shape index (κ3) is 5.80. The van der Waals surface area contributed by atoms with Crippen LogP contribution in [0.5, 0.6) is 11.5 Å². The van der Waals surface area contributed by atoms with Gasteiger partial charge >= 0.3 is 0 Å². The molecule has 1 aromatic rings. The zero-order valence-corrected chi connectivity index (χ0v) is 17.1. The minimum absolute atomic E-state index is 0.0483. The number of hydrogen-bond acceptors (Lipinski definition) is 3. The van der Waals surface area contributed by atoms with Gasteiger partial charge in [-0.05, 0) is 87.7 Å². The number of carbonyl (C=O) groups excluding carboxylic acids is 1. The fourth-order valence-electron chi connectivity index (χ4n) is 4.78. The molecule has 0 aromatic heterocycles. The summed E-state index contributed by atoms with van der Waals surface area (Å²) < 4.78 is 39.3. The fraction of sp³-hybridized carbons (Fsp3) is 0.625. The molecule has 0 atom stereocenters. The van der Waals surface area contributed by atoms with Crippen LogP contribution < -0.4 is 9.47 Å². The van der Waals surface area contributed by atoms with Crippen molar-refractivity contribution in [1.29, 1.82) is 0 Å². The molecule has 0 unspecified atom stereocenters. The molecule has 0 aliphatic heterocycles. The van der Waals surface area contributed by atoms with E-state index in [9.17, 15) is 13.6 Å². The van der Waals surface area contributed by atoms with E-state index in [-0.39, 0.29) is 24.0 Å². The van der Waals surface area contributed by atoms with Crippen molar-refractivity contribution in [2.75, 3.05) is 13.2 Å². The standard InChI is InChI=1S/C24H32F2O3/c1-2-3-14-28-21-12-13-22(24(26)23(21)25)29-16-18-6-10-20(11-7-18)19-8-4-17(15-27)5-9-19/h2,12-13,15,17-20H,1,3-11,14,16H2. The molecular weight excluding hydrogens is 374 g/mol. The number of hydrogen-bond donors (Lipinski definition) is 0. The predicted octanol–water partition coefficient (Wildman–Crippen LogP) is 6.11. The van der Waals surface area contributed by atoms with Crippen LogP contribution >= 0.6 is 0 Å². The van der Waals surface area contributed by atoms with Gasteiger partial charge in [-0.3, -0.25) is 0 Å². The molecule has 2 saturated carbocycles. The van der Waals surface area contributed by atoms with Crippen molar-refractivity contribution >= 4 is 6.29 Å². The number of rotatable bonds is 9. The van der Waals surface area contributed by atoms with E-state index in [1.165, 1.54) is 25.0 Å². The first-order chi connectivity index (χ1) is 14.1. The smallest absolute Gasteiger partial charge is 0.204 e. The third-order valence-corrected chi connectivity index (χ3v) is 6.63. The summed E-state index contributed by atoms with van der Waals surface area (Å²) in [6, 6.07) is 2.86. The van der Waals surface area contributed by atoms with Gasteiger partial charge in [0.25, 0.3) is 0 Å². The van der Waals surface area contributed by atoms with Gasteiger partial charge in [0.2, 0.25) is 11.6 Å². The number of benzene rings is 1. The molecule has 3 nitrogen and oxygen atoms in total. The van der Waals surface area contributed by atoms with Crippen molar-refractivity contribution in [3.05, 3.63) is 36.4 Å². The number of halogens is 2. The maximum absolute atomic E-state index is 14.3. The van der Waals surface area contributed by atoms with Crippen LogP contribution in [0.25, 0.3) is 0 Å². The second kappa shape index (κ2) is 10.7. The number of ether oxygens (including phenoxy) is 2. The largest absolute Gasteiger partial charge is 0.490 e. The first kappa shape index (κ1) is 21.8. The molecule has 2 fully saturated rings. The van der Waals surface area contributed by atoms with E-state index >= 15 is 0 Å². The van der Waals surface area contributed by atoms with E-state index in [1.54, 1.807) is 6.08 Å². The molecule has 3 rings (SSSR count). The third-order valence-electron chi connectivity index (χ3n) is 6.63. The topological polar surface area (TPSA) is 35.5 Å². The Balaban J connectivity index is 1.44. The Morgan fingerprint density at radius 2 is 1.45 bits per heavy atom. The lowest BCUT2D eigenvalue weighted by Gasteiger charge is -2.36. The van der Waals surface area contributed by atoms with Crippen molar-refractivity contribution in [3.8, 4) is 11.5 Å². The Morgan fingerprint density at radius 3 is 2.00 bits per heavy atom. The minimum Gasteiger partial charge on any atom is -0.490 e. The molecule has 0 heterocycles. The highest BCUT2D eigenvalue weighted by molar-refractivity contribution is 5.53. The summed E-state index contributed by atoms with van der Waals surface area (Å²) in [6.45, 7) is 4.25. The van der Waals surface area contributed by atoms with Gasteiger partial charge in [0, 0.05) is 5.92 Å². The molecule has 1 aromatic carbocycles. The maximum Gasteiger partial charge on any atom is 0.204 e. The van der Waals surface area contributed by atoms with E-state index in [1.807, 2.05) is 0 Å². The second-order valence-electron chi connectivity index (χ2n) is 8.52. The van der Waals surface area contributed by atoms with E-state index in [2.05, 4.69) is 6.58 Å². The van der Waals surface area contributed by atoms with Gasteiger partial charge in [-0.15, -0.1) is 6.58 Å². The number of aldehydes is 1. The molecule has 0 N–H and O–H groups in total. The van der Waals surface area contributed by atoms with Crippen LogP contribution in [0, 0.1) is 35.3 Å². The Hall–Kier alpha value is -1.91. The summed E-state index contributed by atoms with van der Waals surface area (Å²) in [7, 11) is 0. The molecule has 160 valence electrons. The molecule has 29 heavy (non-hydrogen) atoms. The van der Waals surface area contributed by atoms with Gasteiger partial charge < -0.3 is 14.3 Å². The lowest BCUT2D eigenvalue weighted by molar-refractivity contribution is -0.112. The lowest BCUT2D eigenvalue weighted by Crippen LogP contribution is -2.27. The van der Waals surface area contributed by atoms with Crippen LogP contribution in [0.4, 0.5) is 8.78 Å². The van der Waals surface area contributed by atoms with Gasteiger partial charge in [0.1, 0.15) is 6.29 Å². The Morgan fingerprint density at radius 1 is 0.897 bits per heavy atom. The average Bonchev–Trinajstić information content (AvgIpc) is 2.77. The predicted molar refractivity (Wildman–Crippen MR) is 109 cm³/mol. The molecule has 0 spiro atoms. The van der Waals surface area contributed by atoms with Crippen molar-refractivity contribution in [1.82, 2.24) is 0 Å². The van der Waals surface area contributed by atoms with Gasteiger partial charge in [-0.2, -0.15) is 8.78 Å². The van der Waals surface area contributed by atoms with Gasteiger partial charge in [0.05, 0.1) is 13.2 Å². The summed E-state index contributed by atoms with van der Waals surface area (Å²) in [5.74, 6) is -0.000756. The van der Waals surface area contributed by atoms with Crippen LogP contribution in [0.1, 0.15) is 57.8 Å². The molecule has 0 radical (unpaired) electrons. The Bertz CT molecular complexity index is 675. The van der Waals surface area contributed by atoms with Crippen molar-refractivity contribution in [2.24, 2.45) is 23.7 Å². The maximum atomic E-state index is 14.3. The Labute approximate surface area is 172 Å². The van der Waals surface area contributed by atoms with Gasteiger partial charge in [0.15, 0.2) is 11.5 Å². The molecule has 5 heteroatoms. The molecule has 0 bridgehead atoms. The summed E-state index contributed by atoms with van der Waals surface area (Å²) >= 11 is 0. The van der Waals surface area contributed by atoms with Crippen LogP contribution in [0.3, 0.4) is 0 Å². The monoisotopic (exact) mass is 406 g/mol. The van der Waals surface area contributed by atoms with Crippen molar-refractivity contribution in [2.45, 2.75) is 57.8 Å². The summed E-state index contributed by atoms with van der Waals surface area (Å²) in [5.41, 5.74) is 0. The average molecular weight is 407 g/mol. The number of carbonyl (C=O) groups is 1. The molecular formula is C24H32F2O3. The van der Waals surface area contributed by atoms with Crippen LogP contribution in [0.15, 0.2) is 24.8 Å². The van der Waals surface area contributed by atoms with E-state index in [0.717, 1.165) is 56.6 Å². The fourth-order valence-corrected chi connectivity index (χ4v) is 4.78. The molecule has 2 aliphatic carbocycles. The summed E-state index contributed by atoms with van der Waals surface area (Å²) in [4.78, 5) is 10.9. The van der Waals surface area contributed by atoms with E-state index < -0.39 is 11.6 Å². The first-order valence-electron chi connectivity index (χ1n) is 10.9. The summed E-state index contributed by atoms with van der Waals surface area (Å²) in [6.07, 6.45) is 12.2. The molecule has 2 aliphatic rings. The highest BCUT2D eigenvalue weighted by atomic mass is 19.2. The minimum atomic E-state index is -0.999. The van der Waals surface area contributed by atoms with Gasteiger partial charge in [-0.25, -0.2) is 0 Å². The van der Waals surface area contributed by atoms with E-state index in [0.29, 0.717) is 18.9 Å². The van der Waals surface area contributed by atoms with Crippen LogP contribution in [-0.2, 0) is 4.79 Å². The zero-order valence-electron chi connectivity index (χ0n) is 17.1. The van der Waals surface area contributed by atoms with Gasteiger partial charge in [-0.1, -0.05) is 6.08 Å². The lowest BCUT2D eigenvalue weighted by atomic mass is 9.69. The molecule has 0 saturated heterocycles. The highest BCUT2D eigenvalue weighted by Crippen LogP contribution is 2.41. The first-order valence-corrected chi connectivity index (χ1v) is 10.9. The van der Waals surface area contributed by atoms with Crippen LogP contribution in [-0.4, -0.2) is 19.5 Å². The normalized spacial score (nSPS) is 27.2. The second-order valence-corrected chi connectivity index (χ2v) is 8.52.